The summed E-state index contributed by atoms with van der Waals surface area (Å²) in [4.78, 5) is 0. The van der Waals surface area contributed by atoms with Gasteiger partial charge in [-0.05, 0) is 30.7 Å². The van der Waals surface area contributed by atoms with Crippen molar-refractivity contribution in [2.75, 3.05) is 6.54 Å². The van der Waals surface area contributed by atoms with Crippen LogP contribution in [0.3, 0.4) is 0 Å². The van der Waals surface area contributed by atoms with Gasteiger partial charge < -0.3 is 5.73 Å². The average molecular weight is 213 g/mol. The van der Waals surface area contributed by atoms with Crippen LogP contribution in [0.2, 0.25) is 0 Å². The Morgan fingerprint density at radius 3 is 2.75 bits per heavy atom. The standard InChI is InChI=1S/C13H15N3/c1-11(7-8-14)12-9-15-16(10-12)13-5-3-2-4-6-13/h2-6,9-10H,1,7-8,14H2. The molecule has 3 heteroatoms. The number of hydrogen-bond acceptors (Lipinski definition) is 2. The third-order valence-electron chi connectivity index (χ3n) is 2.46. The summed E-state index contributed by atoms with van der Waals surface area (Å²) in [6, 6.07) is 10.0. The minimum Gasteiger partial charge on any atom is -0.330 e. The normalized spacial score (nSPS) is 10.3. The molecule has 0 aliphatic rings. The van der Waals surface area contributed by atoms with E-state index in [2.05, 4.69) is 11.7 Å². The highest BCUT2D eigenvalue weighted by Crippen LogP contribution is 2.16. The van der Waals surface area contributed by atoms with Crippen LogP contribution in [0.4, 0.5) is 0 Å². The fraction of sp³-hybridized carbons (Fsp3) is 0.154. The van der Waals surface area contributed by atoms with Gasteiger partial charge in [-0.15, -0.1) is 0 Å². The number of hydrogen-bond donors (Lipinski definition) is 1. The van der Waals surface area contributed by atoms with Gasteiger partial charge in [0.25, 0.3) is 0 Å². The molecule has 16 heavy (non-hydrogen) atoms. The van der Waals surface area contributed by atoms with Crippen molar-refractivity contribution in [2.24, 2.45) is 5.73 Å². The molecule has 2 N–H and O–H groups in total. The molecule has 2 aromatic rings. The molecule has 1 heterocycles. The first kappa shape index (κ1) is 10.6. The van der Waals surface area contributed by atoms with E-state index in [4.69, 9.17) is 5.73 Å². The summed E-state index contributed by atoms with van der Waals surface area (Å²) in [6.07, 6.45) is 4.61. The molecule has 0 atom stereocenters. The van der Waals surface area contributed by atoms with Crippen LogP contribution in [-0.2, 0) is 0 Å². The first-order valence-electron chi connectivity index (χ1n) is 5.29. The molecule has 0 spiro atoms. The highest BCUT2D eigenvalue weighted by molar-refractivity contribution is 5.62. The van der Waals surface area contributed by atoms with E-state index in [9.17, 15) is 0 Å². The van der Waals surface area contributed by atoms with Crippen LogP contribution in [0.25, 0.3) is 11.3 Å². The summed E-state index contributed by atoms with van der Waals surface area (Å²) < 4.78 is 1.84. The van der Waals surface area contributed by atoms with Crippen LogP contribution in [0.1, 0.15) is 12.0 Å². The maximum atomic E-state index is 5.50. The largest absolute Gasteiger partial charge is 0.330 e. The van der Waals surface area contributed by atoms with Gasteiger partial charge >= 0.3 is 0 Å². The second-order valence-electron chi connectivity index (χ2n) is 3.65. The highest BCUT2D eigenvalue weighted by atomic mass is 15.3. The lowest BCUT2D eigenvalue weighted by Crippen LogP contribution is -1.98. The molecule has 0 unspecified atom stereocenters. The van der Waals surface area contributed by atoms with Gasteiger partial charge in [0.1, 0.15) is 0 Å². The van der Waals surface area contributed by atoms with Gasteiger partial charge in [-0.3, -0.25) is 0 Å². The second-order valence-corrected chi connectivity index (χ2v) is 3.65. The lowest BCUT2D eigenvalue weighted by molar-refractivity contribution is 0.880. The minimum absolute atomic E-state index is 0.620. The SMILES string of the molecule is C=C(CCN)c1cnn(-c2ccccc2)c1. The van der Waals surface area contributed by atoms with Crippen molar-refractivity contribution in [3.05, 3.63) is 54.9 Å². The molecule has 1 aromatic heterocycles. The zero-order valence-electron chi connectivity index (χ0n) is 9.13. The molecule has 0 radical (unpaired) electrons. The van der Waals surface area contributed by atoms with Gasteiger partial charge in [0.05, 0.1) is 11.9 Å². The number of benzene rings is 1. The Morgan fingerprint density at radius 1 is 1.31 bits per heavy atom. The van der Waals surface area contributed by atoms with Crippen LogP contribution in [0.15, 0.2) is 49.3 Å². The monoisotopic (exact) mass is 213 g/mol. The zero-order chi connectivity index (χ0) is 11.4. The van der Waals surface area contributed by atoms with Crippen molar-refractivity contribution >= 4 is 5.57 Å². The van der Waals surface area contributed by atoms with Crippen molar-refractivity contribution in [3.63, 3.8) is 0 Å². The number of rotatable bonds is 4. The molecule has 0 aliphatic carbocycles. The molecule has 0 amide bonds. The van der Waals surface area contributed by atoms with E-state index in [0.717, 1.165) is 23.2 Å². The molecule has 0 saturated heterocycles. The zero-order valence-corrected chi connectivity index (χ0v) is 9.13. The molecule has 2 rings (SSSR count). The lowest BCUT2D eigenvalue weighted by Gasteiger charge is -2.00. The van der Waals surface area contributed by atoms with E-state index in [1.807, 2.05) is 47.4 Å². The van der Waals surface area contributed by atoms with Crippen LogP contribution < -0.4 is 5.73 Å². The third-order valence-corrected chi connectivity index (χ3v) is 2.46. The molecule has 1 aromatic carbocycles. The van der Waals surface area contributed by atoms with Crippen molar-refractivity contribution in [1.29, 1.82) is 0 Å². The van der Waals surface area contributed by atoms with Gasteiger partial charge in [-0.1, -0.05) is 24.8 Å². The Bertz CT molecular complexity index is 471. The Balaban J connectivity index is 2.23. The number of nitrogens with zero attached hydrogens (tertiary/aromatic N) is 2. The Morgan fingerprint density at radius 2 is 2.06 bits per heavy atom. The quantitative estimate of drug-likeness (QED) is 0.846. The molecular weight excluding hydrogens is 198 g/mol. The first-order valence-corrected chi connectivity index (χ1v) is 5.29. The van der Waals surface area contributed by atoms with E-state index in [1.165, 1.54) is 0 Å². The number of aromatic nitrogens is 2. The fourth-order valence-electron chi connectivity index (χ4n) is 1.55. The van der Waals surface area contributed by atoms with Crippen LogP contribution in [0.5, 0.6) is 0 Å². The van der Waals surface area contributed by atoms with Gasteiger partial charge in [-0.25, -0.2) is 4.68 Å². The lowest BCUT2D eigenvalue weighted by atomic mass is 10.1. The molecule has 0 saturated carbocycles. The molecular formula is C13H15N3. The van der Waals surface area contributed by atoms with Gasteiger partial charge in [0, 0.05) is 11.8 Å². The average Bonchev–Trinajstić information content (AvgIpc) is 2.80. The maximum Gasteiger partial charge on any atom is 0.0645 e. The van der Waals surface area contributed by atoms with E-state index in [0.29, 0.717) is 6.54 Å². The fourth-order valence-corrected chi connectivity index (χ4v) is 1.55. The van der Waals surface area contributed by atoms with Crippen LogP contribution >= 0.6 is 0 Å². The van der Waals surface area contributed by atoms with E-state index in [1.54, 1.807) is 0 Å². The van der Waals surface area contributed by atoms with E-state index < -0.39 is 0 Å². The highest BCUT2D eigenvalue weighted by Gasteiger charge is 2.03. The first-order chi connectivity index (χ1) is 7.81. The second kappa shape index (κ2) is 4.77. The predicted molar refractivity (Wildman–Crippen MR) is 66.3 cm³/mol. The van der Waals surface area contributed by atoms with Crippen molar-refractivity contribution in [3.8, 4) is 5.69 Å². The van der Waals surface area contributed by atoms with Crippen molar-refractivity contribution in [2.45, 2.75) is 6.42 Å². The maximum absolute atomic E-state index is 5.50. The molecule has 0 aliphatic heterocycles. The Labute approximate surface area is 95.2 Å². The topological polar surface area (TPSA) is 43.8 Å². The summed E-state index contributed by atoms with van der Waals surface area (Å²) >= 11 is 0. The summed E-state index contributed by atoms with van der Waals surface area (Å²) in [6.45, 7) is 4.61. The predicted octanol–water partition coefficient (Wildman–Crippen LogP) is 2.23. The number of para-hydroxylation sites is 1. The molecule has 82 valence electrons. The van der Waals surface area contributed by atoms with E-state index >= 15 is 0 Å². The smallest absolute Gasteiger partial charge is 0.0645 e. The van der Waals surface area contributed by atoms with Crippen molar-refractivity contribution < 1.29 is 0 Å². The van der Waals surface area contributed by atoms with Crippen LogP contribution in [-0.4, -0.2) is 16.3 Å². The molecule has 0 bridgehead atoms. The van der Waals surface area contributed by atoms with Gasteiger partial charge in [0.15, 0.2) is 0 Å². The van der Waals surface area contributed by atoms with Gasteiger partial charge in [-0.2, -0.15) is 5.10 Å². The summed E-state index contributed by atoms with van der Waals surface area (Å²) in [5.41, 5.74) is 8.63. The Hall–Kier alpha value is -1.87. The summed E-state index contributed by atoms with van der Waals surface area (Å²) in [5, 5.41) is 4.30. The van der Waals surface area contributed by atoms with Gasteiger partial charge in [0.2, 0.25) is 0 Å². The summed E-state index contributed by atoms with van der Waals surface area (Å²) in [7, 11) is 0. The third kappa shape index (κ3) is 2.20. The van der Waals surface area contributed by atoms with Crippen LogP contribution in [0, 0.1) is 0 Å². The molecule has 0 fully saturated rings. The van der Waals surface area contributed by atoms with E-state index in [-0.39, 0.29) is 0 Å². The molecule has 3 nitrogen and oxygen atoms in total. The number of nitrogens with two attached hydrogens (primary N) is 1. The summed E-state index contributed by atoms with van der Waals surface area (Å²) in [5.74, 6) is 0. The van der Waals surface area contributed by atoms with Crippen molar-refractivity contribution in [1.82, 2.24) is 9.78 Å². The minimum atomic E-state index is 0.620. The Kier molecular flexibility index (Phi) is 3.17.